The van der Waals surface area contributed by atoms with E-state index in [1.807, 2.05) is 12.1 Å². The van der Waals surface area contributed by atoms with Gasteiger partial charge in [-0.3, -0.25) is 4.79 Å². The van der Waals surface area contributed by atoms with Gasteiger partial charge in [-0.2, -0.15) is 0 Å². The summed E-state index contributed by atoms with van der Waals surface area (Å²) < 4.78 is 10.5. The largest absolute Gasteiger partial charge is 0.497 e. The van der Waals surface area contributed by atoms with E-state index in [0.717, 1.165) is 11.1 Å². The Balaban J connectivity index is 1.89. The average Bonchev–Trinajstić information content (AvgIpc) is 2.58. The van der Waals surface area contributed by atoms with Crippen LogP contribution in [0.2, 0.25) is 10.0 Å². The van der Waals surface area contributed by atoms with Crippen LogP contribution in [0, 0.1) is 0 Å². The van der Waals surface area contributed by atoms with E-state index in [9.17, 15) is 4.79 Å². The van der Waals surface area contributed by atoms with Crippen molar-refractivity contribution >= 4 is 29.1 Å². The first-order chi connectivity index (χ1) is 11.5. The van der Waals surface area contributed by atoms with Crippen molar-refractivity contribution in [2.45, 2.75) is 19.4 Å². The SMILES string of the molecule is COc1cc(CCC(=O)NCc2ccc(Cl)cc2Cl)cc(OC)c1. The van der Waals surface area contributed by atoms with Crippen molar-refractivity contribution in [3.05, 3.63) is 57.6 Å². The topological polar surface area (TPSA) is 47.6 Å². The van der Waals surface area contributed by atoms with Gasteiger partial charge in [0.05, 0.1) is 14.2 Å². The molecule has 0 aromatic heterocycles. The van der Waals surface area contributed by atoms with E-state index < -0.39 is 0 Å². The smallest absolute Gasteiger partial charge is 0.220 e. The maximum atomic E-state index is 12.0. The lowest BCUT2D eigenvalue weighted by molar-refractivity contribution is -0.121. The highest BCUT2D eigenvalue weighted by molar-refractivity contribution is 6.35. The second-order valence-corrected chi connectivity index (χ2v) is 6.08. The van der Waals surface area contributed by atoms with Gasteiger partial charge in [-0.25, -0.2) is 0 Å². The molecule has 1 amide bonds. The summed E-state index contributed by atoms with van der Waals surface area (Å²) >= 11 is 11.9. The molecule has 0 saturated carbocycles. The molecular weight excluding hydrogens is 349 g/mol. The van der Waals surface area contributed by atoms with Gasteiger partial charge in [0, 0.05) is 29.1 Å². The number of aryl methyl sites for hydroxylation is 1. The molecule has 24 heavy (non-hydrogen) atoms. The zero-order chi connectivity index (χ0) is 17.5. The van der Waals surface area contributed by atoms with Crippen molar-refractivity contribution in [2.75, 3.05) is 14.2 Å². The molecule has 2 rings (SSSR count). The summed E-state index contributed by atoms with van der Waals surface area (Å²) in [7, 11) is 3.20. The van der Waals surface area contributed by atoms with Gasteiger partial charge in [-0.15, -0.1) is 0 Å². The third-order valence-electron chi connectivity index (χ3n) is 3.54. The third kappa shape index (κ3) is 5.32. The summed E-state index contributed by atoms with van der Waals surface area (Å²) in [6.45, 7) is 0.371. The number of ether oxygens (including phenoxy) is 2. The quantitative estimate of drug-likeness (QED) is 0.795. The minimum Gasteiger partial charge on any atom is -0.497 e. The van der Waals surface area contributed by atoms with E-state index in [4.69, 9.17) is 32.7 Å². The van der Waals surface area contributed by atoms with E-state index in [-0.39, 0.29) is 5.91 Å². The summed E-state index contributed by atoms with van der Waals surface area (Å²) in [5, 5.41) is 3.97. The molecule has 2 aromatic carbocycles. The number of carbonyl (C=O) groups excluding carboxylic acids is 1. The molecule has 0 radical (unpaired) electrons. The molecule has 2 aromatic rings. The summed E-state index contributed by atoms with van der Waals surface area (Å²) in [6, 6.07) is 10.8. The van der Waals surface area contributed by atoms with Crippen molar-refractivity contribution < 1.29 is 14.3 Å². The molecule has 0 unspecified atom stereocenters. The number of amides is 1. The standard InChI is InChI=1S/C18H19Cl2NO3/c1-23-15-7-12(8-16(10-15)24-2)3-6-18(22)21-11-13-4-5-14(19)9-17(13)20/h4-5,7-10H,3,6,11H2,1-2H3,(H,21,22). The molecule has 0 aliphatic carbocycles. The molecule has 0 atom stereocenters. The molecule has 0 heterocycles. The number of halogens is 2. The Hall–Kier alpha value is -1.91. The van der Waals surface area contributed by atoms with Crippen LogP contribution < -0.4 is 14.8 Å². The monoisotopic (exact) mass is 367 g/mol. The molecule has 0 fully saturated rings. The number of benzene rings is 2. The minimum atomic E-state index is -0.0530. The molecule has 0 saturated heterocycles. The number of hydrogen-bond donors (Lipinski definition) is 1. The van der Waals surface area contributed by atoms with E-state index in [1.165, 1.54) is 0 Å². The Morgan fingerprint density at radius 1 is 1.04 bits per heavy atom. The Morgan fingerprint density at radius 2 is 1.71 bits per heavy atom. The predicted octanol–water partition coefficient (Wildman–Crippen LogP) is 4.26. The zero-order valence-corrected chi connectivity index (χ0v) is 15.1. The van der Waals surface area contributed by atoms with Crippen LogP contribution in [0.25, 0.3) is 0 Å². The molecule has 0 aliphatic heterocycles. The first kappa shape index (κ1) is 18.4. The van der Waals surface area contributed by atoms with Crippen molar-refractivity contribution in [1.82, 2.24) is 5.32 Å². The fourth-order valence-electron chi connectivity index (χ4n) is 2.22. The second kappa shape index (κ2) is 8.81. The molecule has 128 valence electrons. The first-order valence-electron chi connectivity index (χ1n) is 7.44. The molecule has 0 bridgehead atoms. The van der Waals surface area contributed by atoms with Gasteiger partial charge in [0.15, 0.2) is 0 Å². The summed E-state index contributed by atoms with van der Waals surface area (Å²) in [5.74, 6) is 1.36. The third-order valence-corrected chi connectivity index (χ3v) is 4.13. The lowest BCUT2D eigenvalue weighted by Crippen LogP contribution is -2.23. The average molecular weight is 368 g/mol. The lowest BCUT2D eigenvalue weighted by Gasteiger charge is -2.09. The number of carbonyl (C=O) groups is 1. The highest BCUT2D eigenvalue weighted by Gasteiger charge is 2.07. The van der Waals surface area contributed by atoms with Crippen LogP contribution in [0.3, 0.4) is 0 Å². The van der Waals surface area contributed by atoms with Gasteiger partial charge < -0.3 is 14.8 Å². The molecule has 0 aliphatic rings. The Labute approximate surface area is 151 Å². The fraction of sp³-hybridized carbons (Fsp3) is 0.278. The van der Waals surface area contributed by atoms with Crippen LogP contribution in [0.1, 0.15) is 17.5 Å². The summed E-state index contributed by atoms with van der Waals surface area (Å²) in [5.41, 5.74) is 1.81. The second-order valence-electron chi connectivity index (χ2n) is 5.23. The van der Waals surface area contributed by atoms with Gasteiger partial charge in [0.1, 0.15) is 11.5 Å². The van der Waals surface area contributed by atoms with E-state index in [0.29, 0.717) is 40.9 Å². The van der Waals surface area contributed by atoms with Gasteiger partial charge in [0.2, 0.25) is 5.91 Å². The van der Waals surface area contributed by atoms with Gasteiger partial charge in [0.25, 0.3) is 0 Å². The number of hydrogen-bond acceptors (Lipinski definition) is 3. The maximum absolute atomic E-state index is 12.0. The molecular formula is C18H19Cl2NO3. The van der Waals surface area contributed by atoms with Gasteiger partial charge in [-0.05, 0) is 41.8 Å². The molecule has 4 nitrogen and oxygen atoms in total. The number of rotatable bonds is 7. The predicted molar refractivity (Wildman–Crippen MR) is 96.2 cm³/mol. The minimum absolute atomic E-state index is 0.0530. The molecule has 6 heteroatoms. The maximum Gasteiger partial charge on any atom is 0.220 e. The number of nitrogens with one attached hydrogen (secondary N) is 1. The van der Waals surface area contributed by atoms with Gasteiger partial charge in [-0.1, -0.05) is 29.3 Å². The van der Waals surface area contributed by atoms with Gasteiger partial charge >= 0.3 is 0 Å². The van der Waals surface area contributed by atoms with Crippen LogP contribution in [-0.2, 0) is 17.8 Å². The van der Waals surface area contributed by atoms with Crippen molar-refractivity contribution in [3.63, 3.8) is 0 Å². The molecule has 0 spiro atoms. The Kier molecular flexibility index (Phi) is 6.76. The summed E-state index contributed by atoms with van der Waals surface area (Å²) in [4.78, 5) is 12.0. The van der Waals surface area contributed by atoms with Crippen molar-refractivity contribution in [1.29, 1.82) is 0 Å². The number of methoxy groups -OCH3 is 2. The first-order valence-corrected chi connectivity index (χ1v) is 8.20. The van der Waals surface area contributed by atoms with E-state index in [2.05, 4.69) is 5.32 Å². The lowest BCUT2D eigenvalue weighted by atomic mass is 10.1. The highest BCUT2D eigenvalue weighted by atomic mass is 35.5. The van der Waals surface area contributed by atoms with Crippen molar-refractivity contribution in [3.8, 4) is 11.5 Å². The molecule has 1 N–H and O–H groups in total. The van der Waals surface area contributed by atoms with Crippen LogP contribution >= 0.6 is 23.2 Å². The fourth-order valence-corrected chi connectivity index (χ4v) is 2.69. The van der Waals surface area contributed by atoms with Crippen molar-refractivity contribution in [2.24, 2.45) is 0 Å². The van der Waals surface area contributed by atoms with Crippen LogP contribution in [0.5, 0.6) is 11.5 Å². The Bertz CT molecular complexity index is 697. The zero-order valence-electron chi connectivity index (χ0n) is 13.6. The van der Waals surface area contributed by atoms with Crippen LogP contribution in [0.4, 0.5) is 0 Å². The summed E-state index contributed by atoms with van der Waals surface area (Å²) in [6.07, 6.45) is 0.954. The van der Waals surface area contributed by atoms with Crippen LogP contribution in [0.15, 0.2) is 36.4 Å². The Morgan fingerprint density at radius 3 is 2.29 bits per heavy atom. The van der Waals surface area contributed by atoms with Crippen LogP contribution in [-0.4, -0.2) is 20.1 Å². The highest BCUT2D eigenvalue weighted by Crippen LogP contribution is 2.23. The van der Waals surface area contributed by atoms with E-state index >= 15 is 0 Å². The normalized spacial score (nSPS) is 10.3. The van der Waals surface area contributed by atoms with E-state index in [1.54, 1.807) is 38.5 Å².